The molecule has 4 heteroatoms. The molecule has 0 aliphatic heterocycles. The molecule has 2 rings (SSSR count). The third kappa shape index (κ3) is 2.07. The van der Waals surface area contributed by atoms with E-state index in [9.17, 15) is 0 Å². The lowest BCUT2D eigenvalue weighted by Gasteiger charge is -2.34. The molecule has 1 fully saturated rings. The second-order valence-electron chi connectivity index (χ2n) is 4.70. The molecular formula is C12H21N3O. The van der Waals surface area contributed by atoms with E-state index < -0.39 is 0 Å². The highest BCUT2D eigenvalue weighted by Gasteiger charge is 2.30. The Morgan fingerprint density at radius 2 is 2.19 bits per heavy atom. The number of rotatable bonds is 4. The molecule has 0 radical (unpaired) electrons. The van der Waals surface area contributed by atoms with Crippen molar-refractivity contribution in [2.24, 2.45) is 13.0 Å². The molecule has 0 unspecified atom stereocenters. The Morgan fingerprint density at radius 1 is 1.50 bits per heavy atom. The maximum absolute atomic E-state index is 5.89. The van der Waals surface area contributed by atoms with Gasteiger partial charge in [-0.1, -0.05) is 0 Å². The topological polar surface area (TPSA) is 53.1 Å². The molecule has 1 saturated carbocycles. The number of nitrogens with two attached hydrogens (primary N) is 1. The second-order valence-corrected chi connectivity index (χ2v) is 4.70. The first-order valence-corrected chi connectivity index (χ1v) is 6.01. The van der Waals surface area contributed by atoms with E-state index in [4.69, 9.17) is 10.5 Å². The van der Waals surface area contributed by atoms with E-state index in [1.54, 1.807) is 4.68 Å². The zero-order valence-electron chi connectivity index (χ0n) is 10.4. The van der Waals surface area contributed by atoms with E-state index >= 15 is 0 Å². The summed E-state index contributed by atoms with van der Waals surface area (Å²) < 4.78 is 7.32. The van der Waals surface area contributed by atoms with Crippen molar-refractivity contribution in [3.63, 3.8) is 0 Å². The van der Waals surface area contributed by atoms with E-state index in [0.717, 1.165) is 36.0 Å². The number of nitrogen functional groups attached to an aromatic ring is 1. The smallest absolute Gasteiger partial charge is 0.124 e. The quantitative estimate of drug-likeness (QED) is 0.844. The summed E-state index contributed by atoms with van der Waals surface area (Å²) in [4.78, 5) is 0. The van der Waals surface area contributed by atoms with Crippen molar-refractivity contribution in [3.8, 4) is 0 Å². The number of hydrogen-bond donors (Lipinski definition) is 1. The summed E-state index contributed by atoms with van der Waals surface area (Å²) in [6.45, 7) is 4.93. The molecular weight excluding hydrogens is 202 g/mol. The molecule has 0 aromatic carbocycles. The Bertz CT molecular complexity index is 367. The fourth-order valence-electron chi connectivity index (χ4n) is 2.38. The Hall–Kier alpha value is -1.03. The molecule has 1 aliphatic carbocycles. The van der Waals surface area contributed by atoms with Crippen LogP contribution in [0.4, 0.5) is 5.82 Å². The van der Waals surface area contributed by atoms with Crippen molar-refractivity contribution in [2.45, 2.75) is 39.2 Å². The molecule has 0 bridgehead atoms. The van der Waals surface area contributed by atoms with Gasteiger partial charge >= 0.3 is 0 Å². The summed E-state index contributed by atoms with van der Waals surface area (Å²) >= 11 is 0. The molecule has 0 spiro atoms. The normalized spacial score (nSPS) is 24.4. The van der Waals surface area contributed by atoms with Gasteiger partial charge in [0.05, 0.1) is 11.8 Å². The Kier molecular flexibility index (Phi) is 3.19. The second kappa shape index (κ2) is 4.45. The number of ether oxygens (including phenoxy) is 1. The summed E-state index contributed by atoms with van der Waals surface area (Å²) in [5.74, 6) is 1.51. The van der Waals surface area contributed by atoms with Gasteiger partial charge in [-0.05, 0) is 39.0 Å². The number of aryl methyl sites for hydroxylation is 1. The fourth-order valence-corrected chi connectivity index (χ4v) is 2.38. The average molecular weight is 223 g/mol. The van der Waals surface area contributed by atoms with Crippen molar-refractivity contribution in [1.82, 2.24) is 9.78 Å². The van der Waals surface area contributed by atoms with Gasteiger partial charge in [-0.15, -0.1) is 0 Å². The summed E-state index contributed by atoms with van der Waals surface area (Å²) in [6.07, 6.45) is 3.87. The molecule has 4 nitrogen and oxygen atoms in total. The minimum atomic E-state index is 0.483. The molecule has 1 heterocycles. The van der Waals surface area contributed by atoms with E-state index in [1.807, 2.05) is 7.05 Å². The Labute approximate surface area is 96.8 Å². The van der Waals surface area contributed by atoms with Crippen LogP contribution in [0, 0.1) is 12.8 Å². The molecule has 2 N–H and O–H groups in total. The van der Waals surface area contributed by atoms with Crippen LogP contribution in [0.15, 0.2) is 0 Å². The molecule has 1 aliphatic rings. The molecule has 1 aromatic heterocycles. The highest BCUT2D eigenvalue weighted by atomic mass is 16.5. The standard InChI is InChI=1S/C12H21N3O/c1-4-16-10-5-9(6-10)7-11-8(2)12(13)15(3)14-11/h9-10H,4-7,13H2,1-3H3. The predicted molar refractivity (Wildman–Crippen MR) is 64.2 cm³/mol. The lowest BCUT2D eigenvalue weighted by Crippen LogP contribution is -2.32. The Balaban J connectivity index is 1.89. The first-order chi connectivity index (χ1) is 7.61. The minimum absolute atomic E-state index is 0.483. The van der Waals surface area contributed by atoms with Crippen molar-refractivity contribution in [2.75, 3.05) is 12.3 Å². The summed E-state index contributed by atoms with van der Waals surface area (Å²) in [6, 6.07) is 0. The molecule has 0 saturated heterocycles. The van der Waals surface area contributed by atoms with Crippen LogP contribution in [0.2, 0.25) is 0 Å². The maximum atomic E-state index is 5.89. The van der Waals surface area contributed by atoms with Crippen molar-refractivity contribution in [3.05, 3.63) is 11.3 Å². The lowest BCUT2D eigenvalue weighted by molar-refractivity contribution is -0.0243. The molecule has 16 heavy (non-hydrogen) atoms. The fraction of sp³-hybridized carbons (Fsp3) is 0.750. The maximum Gasteiger partial charge on any atom is 0.124 e. The van der Waals surface area contributed by atoms with Crippen LogP contribution in [0.5, 0.6) is 0 Å². The van der Waals surface area contributed by atoms with Crippen LogP contribution >= 0.6 is 0 Å². The van der Waals surface area contributed by atoms with Crippen LogP contribution < -0.4 is 5.73 Å². The van der Waals surface area contributed by atoms with E-state index in [2.05, 4.69) is 18.9 Å². The van der Waals surface area contributed by atoms with E-state index in [1.165, 1.54) is 12.8 Å². The van der Waals surface area contributed by atoms with Gasteiger partial charge in [0.1, 0.15) is 5.82 Å². The number of hydrogen-bond acceptors (Lipinski definition) is 3. The first kappa shape index (κ1) is 11.5. The van der Waals surface area contributed by atoms with Gasteiger partial charge in [0.2, 0.25) is 0 Å². The van der Waals surface area contributed by atoms with Gasteiger partial charge < -0.3 is 10.5 Å². The van der Waals surface area contributed by atoms with Gasteiger partial charge in [0.15, 0.2) is 0 Å². The average Bonchev–Trinajstić information content (AvgIpc) is 2.43. The van der Waals surface area contributed by atoms with Crippen molar-refractivity contribution >= 4 is 5.82 Å². The lowest BCUT2D eigenvalue weighted by atomic mass is 9.79. The SMILES string of the molecule is CCOC1CC(Cc2nn(C)c(N)c2C)C1. The zero-order valence-corrected chi connectivity index (χ0v) is 10.4. The van der Waals surface area contributed by atoms with Crippen LogP contribution in [-0.4, -0.2) is 22.5 Å². The van der Waals surface area contributed by atoms with Gasteiger partial charge in [-0.2, -0.15) is 5.10 Å². The number of aromatic nitrogens is 2. The van der Waals surface area contributed by atoms with Crippen molar-refractivity contribution in [1.29, 1.82) is 0 Å². The molecule has 90 valence electrons. The van der Waals surface area contributed by atoms with Crippen LogP contribution in [0.25, 0.3) is 0 Å². The summed E-state index contributed by atoms with van der Waals surface area (Å²) in [5.41, 5.74) is 8.18. The van der Waals surface area contributed by atoms with E-state index in [-0.39, 0.29) is 0 Å². The highest BCUT2D eigenvalue weighted by molar-refractivity contribution is 5.42. The monoisotopic (exact) mass is 223 g/mol. The van der Waals surface area contributed by atoms with Gasteiger partial charge in [-0.3, -0.25) is 4.68 Å². The number of nitrogens with zero attached hydrogens (tertiary/aromatic N) is 2. The highest BCUT2D eigenvalue weighted by Crippen LogP contribution is 2.33. The van der Waals surface area contributed by atoms with Crippen LogP contribution in [-0.2, 0) is 18.2 Å². The largest absolute Gasteiger partial charge is 0.384 e. The summed E-state index contributed by atoms with van der Waals surface area (Å²) in [7, 11) is 1.90. The van der Waals surface area contributed by atoms with Gasteiger partial charge in [0.25, 0.3) is 0 Å². The number of anilines is 1. The van der Waals surface area contributed by atoms with Crippen LogP contribution in [0.3, 0.4) is 0 Å². The van der Waals surface area contributed by atoms with Crippen molar-refractivity contribution < 1.29 is 4.74 Å². The predicted octanol–water partition coefficient (Wildman–Crippen LogP) is 1.67. The minimum Gasteiger partial charge on any atom is -0.384 e. The zero-order chi connectivity index (χ0) is 11.7. The molecule has 1 aromatic rings. The third-order valence-corrected chi connectivity index (χ3v) is 3.51. The molecule has 0 amide bonds. The first-order valence-electron chi connectivity index (χ1n) is 6.01. The third-order valence-electron chi connectivity index (χ3n) is 3.51. The summed E-state index contributed by atoms with van der Waals surface area (Å²) in [5, 5.41) is 4.45. The van der Waals surface area contributed by atoms with Gasteiger partial charge in [0, 0.05) is 19.2 Å². The van der Waals surface area contributed by atoms with E-state index in [0.29, 0.717) is 6.10 Å². The molecule has 0 atom stereocenters. The Morgan fingerprint density at radius 3 is 2.69 bits per heavy atom. The van der Waals surface area contributed by atoms with Gasteiger partial charge in [-0.25, -0.2) is 0 Å². The van der Waals surface area contributed by atoms with Crippen LogP contribution in [0.1, 0.15) is 31.0 Å².